The summed E-state index contributed by atoms with van der Waals surface area (Å²) in [5.41, 5.74) is 0.200. The van der Waals surface area contributed by atoms with Crippen molar-refractivity contribution in [1.29, 1.82) is 0 Å². The molecule has 0 unspecified atom stereocenters. The highest BCUT2D eigenvalue weighted by Crippen LogP contribution is 2.25. The van der Waals surface area contributed by atoms with Crippen LogP contribution in [0.5, 0.6) is 0 Å². The summed E-state index contributed by atoms with van der Waals surface area (Å²) in [6.07, 6.45) is 5.57. The molecular formula is C18H32N2S. The first-order chi connectivity index (χ1) is 9.96. The fourth-order valence-corrected chi connectivity index (χ4v) is 4.02. The Hall–Kier alpha value is -0.380. The molecule has 21 heavy (non-hydrogen) atoms. The van der Waals surface area contributed by atoms with Gasteiger partial charge < -0.3 is 5.32 Å². The number of hydrogen-bond donors (Lipinski definition) is 1. The molecular weight excluding hydrogens is 276 g/mol. The molecule has 0 amide bonds. The van der Waals surface area contributed by atoms with E-state index >= 15 is 0 Å². The second kappa shape index (κ2) is 7.75. The van der Waals surface area contributed by atoms with Gasteiger partial charge in [-0.15, -0.1) is 11.3 Å². The summed E-state index contributed by atoms with van der Waals surface area (Å²) in [5.74, 6) is 0.987. The zero-order valence-electron chi connectivity index (χ0n) is 14.2. The largest absolute Gasteiger partial charge is 0.307 e. The fourth-order valence-electron chi connectivity index (χ4n) is 3.02. The monoisotopic (exact) mass is 308 g/mol. The Balaban J connectivity index is 1.75. The molecule has 1 aliphatic heterocycles. The van der Waals surface area contributed by atoms with E-state index in [1.165, 1.54) is 48.5 Å². The number of rotatable bonds is 6. The van der Waals surface area contributed by atoms with Crippen molar-refractivity contribution in [2.45, 2.75) is 72.0 Å². The molecule has 0 aromatic carbocycles. The fraction of sp³-hybridized carbons (Fsp3) is 0.778. The molecule has 1 aromatic heterocycles. The van der Waals surface area contributed by atoms with Gasteiger partial charge in [0.05, 0.1) is 0 Å². The maximum Gasteiger partial charge on any atom is 0.0328 e. The van der Waals surface area contributed by atoms with Crippen LogP contribution in [-0.2, 0) is 13.1 Å². The van der Waals surface area contributed by atoms with E-state index < -0.39 is 0 Å². The summed E-state index contributed by atoms with van der Waals surface area (Å²) in [7, 11) is 0. The summed E-state index contributed by atoms with van der Waals surface area (Å²) in [6.45, 7) is 13.7. The minimum atomic E-state index is 0.200. The zero-order valence-corrected chi connectivity index (χ0v) is 15.1. The standard InChI is InChI=1S/C18H32N2S/c1-5-6-15-9-11-20(12-10-15)14-17-8-7-16(21-17)13-19-18(2,3)4/h7-8,15,19H,5-6,9-14H2,1-4H3. The molecule has 120 valence electrons. The normalized spacial score (nSPS) is 18.3. The van der Waals surface area contributed by atoms with Crippen molar-refractivity contribution in [3.8, 4) is 0 Å². The van der Waals surface area contributed by atoms with E-state index in [-0.39, 0.29) is 5.54 Å². The van der Waals surface area contributed by atoms with Crippen molar-refractivity contribution >= 4 is 11.3 Å². The van der Waals surface area contributed by atoms with Gasteiger partial charge >= 0.3 is 0 Å². The lowest BCUT2D eigenvalue weighted by atomic mass is 9.92. The van der Waals surface area contributed by atoms with Crippen molar-refractivity contribution in [3.63, 3.8) is 0 Å². The Kier molecular flexibility index (Phi) is 6.27. The third-order valence-electron chi connectivity index (χ3n) is 4.29. The number of nitrogens with zero attached hydrogens (tertiary/aromatic N) is 1. The van der Waals surface area contributed by atoms with Crippen molar-refractivity contribution in [1.82, 2.24) is 10.2 Å². The highest BCUT2D eigenvalue weighted by molar-refractivity contribution is 7.11. The van der Waals surface area contributed by atoms with Crippen LogP contribution in [0.4, 0.5) is 0 Å². The first-order valence-electron chi connectivity index (χ1n) is 8.51. The lowest BCUT2D eigenvalue weighted by Gasteiger charge is -2.31. The van der Waals surface area contributed by atoms with Gasteiger partial charge in [0, 0.05) is 28.4 Å². The van der Waals surface area contributed by atoms with E-state index in [1.807, 2.05) is 11.3 Å². The van der Waals surface area contributed by atoms with E-state index in [4.69, 9.17) is 0 Å². The van der Waals surface area contributed by atoms with Crippen LogP contribution in [0.1, 0.15) is 63.1 Å². The van der Waals surface area contributed by atoms with Gasteiger partial charge in [0.25, 0.3) is 0 Å². The van der Waals surface area contributed by atoms with Crippen LogP contribution >= 0.6 is 11.3 Å². The first kappa shape index (κ1) is 17.0. The van der Waals surface area contributed by atoms with E-state index in [9.17, 15) is 0 Å². The summed E-state index contributed by atoms with van der Waals surface area (Å²) in [6, 6.07) is 4.62. The average Bonchev–Trinajstić information content (AvgIpc) is 2.86. The molecule has 2 nitrogen and oxygen atoms in total. The predicted octanol–water partition coefficient (Wildman–Crippen LogP) is 4.65. The van der Waals surface area contributed by atoms with Crippen LogP contribution in [0, 0.1) is 5.92 Å². The second-order valence-electron chi connectivity index (χ2n) is 7.48. The van der Waals surface area contributed by atoms with Gasteiger partial charge in [0.2, 0.25) is 0 Å². The van der Waals surface area contributed by atoms with Gasteiger partial charge in [0.15, 0.2) is 0 Å². The third kappa shape index (κ3) is 6.09. The van der Waals surface area contributed by atoms with Crippen molar-refractivity contribution < 1.29 is 0 Å². The van der Waals surface area contributed by atoms with E-state index in [0.717, 1.165) is 19.0 Å². The van der Waals surface area contributed by atoms with Crippen LogP contribution in [0.15, 0.2) is 12.1 Å². The van der Waals surface area contributed by atoms with E-state index in [1.54, 1.807) is 0 Å². The summed E-state index contributed by atoms with van der Waals surface area (Å²) >= 11 is 1.97. The number of hydrogen-bond acceptors (Lipinski definition) is 3. The molecule has 2 heterocycles. The van der Waals surface area contributed by atoms with Crippen molar-refractivity contribution in [2.75, 3.05) is 13.1 Å². The maximum atomic E-state index is 3.57. The molecule has 0 bridgehead atoms. The molecule has 0 radical (unpaired) electrons. The van der Waals surface area contributed by atoms with E-state index in [2.05, 4.69) is 50.0 Å². The van der Waals surface area contributed by atoms with Gasteiger partial charge in [-0.3, -0.25) is 4.90 Å². The van der Waals surface area contributed by atoms with Gasteiger partial charge in [-0.25, -0.2) is 0 Å². The highest BCUT2D eigenvalue weighted by Gasteiger charge is 2.19. The Morgan fingerprint density at radius 3 is 2.48 bits per heavy atom. The lowest BCUT2D eigenvalue weighted by molar-refractivity contribution is 0.173. The highest BCUT2D eigenvalue weighted by atomic mass is 32.1. The number of piperidine rings is 1. The molecule has 2 rings (SSSR count). The molecule has 1 aromatic rings. The molecule has 1 fully saturated rings. The van der Waals surface area contributed by atoms with Crippen molar-refractivity contribution in [3.05, 3.63) is 21.9 Å². The molecule has 1 saturated heterocycles. The smallest absolute Gasteiger partial charge is 0.0328 e. The Labute approximate surface area is 134 Å². The Bertz CT molecular complexity index is 411. The van der Waals surface area contributed by atoms with Crippen LogP contribution in [0.2, 0.25) is 0 Å². The minimum Gasteiger partial charge on any atom is -0.307 e. The minimum absolute atomic E-state index is 0.200. The van der Waals surface area contributed by atoms with Crippen LogP contribution < -0.4 is 5.32 Å². The predicted molar refractivity (Wildman–Crippen MR) is 93.8 cm³/mol. The van der Waals surface area contributed by atoms with Crippen LogP contribution in [-0.4, -0.2) is 23.5 Å². The molecule has 0 saturated carbocycles. The van der Waals surface area contributed by atoms with Crippen LogP contribution in [0.25, 0.3) is 0 Å². The average molecular weight is 309 g/mol. The second-order valence-corrected chi connectivity index (χ2v) is 8.73. The van der Waals surface area contributed by atoms with Gasteiger partial charge in [-0.2, -0.15) is 0 Å². The number of likely N-dealkylation sites (tertiary alicyclic amines) is 1. The van der Waals surface area contributed by atoms with E-state index in [0.29, 0.717) is 0 Å². The molecule has 0 spiro atoms. The van der Waals surface area contributed by atoms with Gasteiger partial charge in [-0.1, -0.05) is 19.8 Å². The van der Waals surface area contributed by atoms with Crippen molar-refractivity contribution in [2.24, 2.45) is 5.92 Å². The Morgan fingerprint density at radius 2 is 1.86 bits per heavy atom. The molecule has 0 atom stereocenters. The number of thiophene rings is 1. The topological polar surface area (TPSA) is 15.3 Å². The summed E-state index contributed by atoms with van der Waals surface area (Å²) in [4.78, 5) is 5.62. The van der Waals surface area contributed by atoms with Gasteiger partial charge in [-0.05, 0) is 64.8 Å². The Morgan fingerprint density at radius 1 is 1.19 bits per heavy atom. The molecule has 1 aliphatic rings. The van der Waals surface area contributed by atoms with Crippen LogP contribution in [0.3, 0.4) is 0 Å². The lowest BCUT2D eigenvalue weighted by Crippen LogP contribution is -2.34. The summed E-state index contributed by atoms with van der Waals surface area (Å²) in [5, 5.41) is 3.57. The third-order valence-corrected chi connectivity index (χ3v) is 5.36. The molecule has 0 aliphatic carbocycles. The molecule has 3 heteroatoms. The molecule has 1 N–H and O–H groups in total. The first-order valence-corrected chi connectivity index (χ1v) is 9.33. The number of nitrogens with one attached hydrogen (secondary N) is 1. The maximum absolute atomic E-state index is 3.57. The zero-order chi connectivity index (χ0) is 15.3. The summed E-state index contributed by atoms with van der Waals surface area (Å²) < 4.78 is 0. The van der Waals surface area contributed by atoms with Gasteiger partial charge in [0.1, 0.15) is 0 Å². The quantitative estimate of drug-likeness (QED) is 0.823. The SMILES string of the molecule is CCCC1CCN(Cc2ccc(CNC(C)(C)C)s2)CC1.